The molecule has 1 aromatic carbocycles. The van der Waals surface area contributed by atoms with Gasteiger partial charge in [0.1, 0.15) is 5.44 Å². The molecule has 0 heterocycles. The van der Waals surface area contributed by atoms with Crippen LogP contribution in [0.1, 0.15) is 40.2 Å². The molecule has 0 spiro atoms. The van der Waals surface area contributed by atoms with Gasteiger partial charge in [0.05, 0.1) is 32.2 Å². The molecule has 28 heavy (non-hydrogen) atoms. The van der Waals surface area contributed by atoms with Crippen molar-refractivity contribution in [3.8, 4) is 0 Å². The summed E-state index contributed by atoms with van der Waals surface area (Å²) in [5.74, 6) is 1.20. The number of benzene rings is 1. The van der Waals surface area contributed by atoms with Crippen molar-refractivity contribution in [3.05, 3.63) is 53.4 Å². The molecular weight excluding hydrogens is 400 g/mol. The van der Waals surface area contributed by atoms with Crippen molar-refractivity contribution in [1.82, 2.24) is 5.32 Å². The van der Waals surface area contributed by atoms with Crippen LogP contribution in [0.5, 0.6) is 0 Å². The Morgan fingerprint density at radius 3 is 1.86 bits per heavy atom. The van der Waals surface area contributed by atoms with E-state index in [9.17, 15) is 9.13 Å². The van der Waals surface area contributed by atoms with E-state index in [1.165, 1.54) is 5.82 Å². The molecule has 0 saturated heterocycles. The van der Waals surface area contributed by atoms with Crippen molar-refractivity contribution in [2.75, 3.05) is 26.4 Å². The van der Waals surface area contributed by atoms with Gasteiger partial charge in [0.2, 0.25) is 0 Å². The Morgan fingerprint density at radius 2 is 1.39 bits per heavy atom. The molecule has 1 aromatic rings. The molecule has 0 radical (unpaired) electrons. The highest BCUT2D eigenvalue weighted by Crippen LogP contribution is 2.60. The Labute approximate surface area is 168 Å². The lowest BCUT2D eigenvalue weighted by Gasteiger charge is -2.22. The summed E-state index contributed by atoms with van der Waals surface area (Å²) in [7, 11) is -7.39. The molecule has 0 unspecified atom stereocenters. The van der Waals surface area contributed by atoms with E-state index in [0.29, 0.717) is 0 Å². The molecule has 0 aliphatic carbocycles. The molecule has 0 saturated carbocycles. The minimum Gasteiger partial charge on any atom is -0.355 e. The SMILES string of the molecule is CCOP(=O)(/C=C(\N/C=C(\C)c1ccccc1)P(=O)(OCC)OCC)OCC. The van der Waals surface area contributed by atoms with E-state index >= 15 is 0 Å². The van der Waals surface area contributed by atoms with Crippen LogP contribution in [0.4, 0.5) is 0 Å². The molecule has 0 atom stereocenters. The molecule has 0 amide bonds. The highest BCUT2D eigenvalue weighted by molar-refractivity contribution is 7.62. The molecule has 0 aliphatic rings. The molecule has 7 nitrogen and oxygen atoms in total. The van der Waals surface area contributed by atoms with E-state index in [0.717, 1.165) is 11.1 Å². The van der Waals surface area contributed by atoms with Gasteiger partial charge in [0, 0.05) is 6.20 Å². The molecule has 0 bridgehead atoms. The number of allylic oxidation sites excluding steroid dienone is 1. The minimum atomic E-state index is -3.75. The first-order valence-corrected chi connectivity index (χ1v) is 12.5. The van der Waals surface area contributed by atoms with Crippen LogP contribution in [-0.2, 0) is 27.2 Å². The summed E-state index contributed by atoms with van der Waals surface area (Å²) in [6.07, 6.45) is 1.66. The quantitative estimate of drug-likeness (QED) is 0.385. The van der Waals surface area contributed by atoms with E-state index in [-0.39, 0.29) is 31.9 Å². The molecule has 1 rings (SSSR count). The lowest BCUT2D eigenvalue weighted by Crippen LogP contribution is -2.11. The molecule has 0 aromatic heterocycles. The first kappa shape index (κ1) is 24.8. The fourth-order valence-electron chi connectivity index (χ4n) is 2.29. The Balaban J connectivity index is 3.36. The van der Waals surface area contributed by atoms with Crippen molar-refractivity contribution in [1.29, 1.82) is 0 Å². The number of hydrogen-bond donors (Lipinski definition) is 1. The molecule has 0 fully saturated rings. The third-order valence-electron chi connectivity index (χ3n) is 3.46. The lowest BCUT2D eigenvalue weighted by atomic mass is 10.1. The van der Waals surface area contributed by atoms with Gasteiger partial charge in [-0.1, -0.05) is 30.3 Å². The maximum Gasteiger partial charge on any atom is 0.377 e. The standard InChI is InChI=1S/C19H31NO6P2/c1-6-23-27(21,24-7-2)16-19(28(22,25-8-3)26-9-4)20-15-17(5)18-13-11-10-12-14-18/h10-16,20H,6-9H2,1-5H3/b17-15+,19-16+. The average molecular weight is 431 g/mol. The van der Waals surface area contributed by atoms with Crippen LogP contribution >= 0.6 is 15.2 Å². The second-order valence-electron chi connectivity index (χ2n) is 5.56. The van der Waals surface area contributed by atoms with Crippen LogP contribution < -0.4 is 5.32 Å². The molecule has 9 heteroatoms. The number of rotatable bonds is 13. The largest absolute Gasteiger partial charge is 0.377 e. The first-order chi connectivity index (χ1) is 13.3. The second kappa shape index (κ2) is 12.4. The first-order valence-electron chi connectivity index (χ1n) is 9.34. The van der Waals surface area contributed by atoms with Crippen LogP contribution in [-0.4, -0.2) is 26.4 Å². The lowest BCUT2D eigenvalue weighted by molar-refractivity contribution is 0.221. The third-order valence-corrected chi connectivity index (χ3v) is 7.52. The zero-order valence-electron chi connectivity index (χ0n) is 17.2. The summed E-state index contributed by atoms with van der Waals surface area (Å²) >= 11 is 0. The maximum atomic E-state index is 13.3. The summed E-state index contributed by atoms with van der Waals surface area (Å²) in [5.41, 5.74) is 1.89. The topological polar surface area (TPSA) is 83.1 Å². The van der Waals surface area contributed by atoms with Crippen LogP contribution in [0.15, 0.2) is 47.8 Å². The predicted molar refractivity (Wildman–Crippen MR) is 113 cm³/mol. The zero-order chi connectivity index (χ0) is 21.0. The summed E-state index contributed by atoms with van der Waals surface area (Å²) in [4.78, 5) is 0. The zero-order valence-corrected chi connectivity index (χ0v) is 19.0. The van der Waals surface area contributed by atoms with E-state index in [4.69, 9.17) is 18.1 Å². The Hall–Kier alpha value is -1.20. The molecule has 1 N–H and O–H groups in total. The van der Waals surface area contributed by atoms with Crippen LogP contribution in [0.3, 0.4) is 0 Å². The predicted octanol–water partition coefficient (Wildman–Crippen LogP) is 5.97. The fraction of sp³-hybridized carbons (Fsp3) is 0.474. The Bertz CT molecular complexity index is 728. The summed E-state index contributed by atoms with van der Waals surface area (Å²) in [5, 5.41) is 2.95. The van der Waals surface area contributed by atoms with Crippen molar-refractivity contribution in [2.24, 2.45) is 0 Å². The third kappa shape index (κ3) is 7.67. The normalized spacial score (nSPS) is 13.6. The summed E-state index contributed by atoms with van der Waals surface area (Å²) < 4.78 is 47.7. The minimum absolute atomic E-state index is 0.0247. The van der Waals surface area contributed by atoms with E-state index in [2.05, 4.69) is 5.32 Å². The van der Waals surface area contributed by atoms with E-state index < -0.39 is 15.2 Å². The van der Waals surface area contributed by atoms with Gasteiger partial charge >= 0.3 is 15.2 Å². The van der Waals surface area contributed by atoms with Gasteiger partial charge in [-0.2, -0.15) is 0 Å². The van der Waals surface area contributed by atoms with Crippen molar-refractivity contribution in [3.63, 3.8) is 0 Å². The van der Waals surface area contributed by atoms with Crippen LogP contribution in [0.2, 0.25) is 0 Å². The Morgan fingerprint density at radius 1 is 0.893 bits per heavy atom. The fourth-order valence-corrected chi connectivity index (χ4v) is 5.85. The van der Waals surface area contributed by atoms with Gasteiger partial charge in [0.25, 0.3) is 0 Å². The van der Waals surface area contributed by atoms with Gasteiger partial charge < -0.3 is 23.4 Å². The van der Waals surface area contributed by atoms with E-state index in [1.807, 2.05) is 37.3 Å². The van der Waals surface area contributed by atoms with Gasteiger partial charge in [-0.3, -0.25) is 9.13 Å². The highest BCUT2D eigenvalue weighted by atomic mass is 31.2. The van der Waals surface area contributed by atoms with Crippen molar-refractivity contribution < 1.29 is 27.2 Å². The molecule has 158 valence electrons. The maximum absolute atomic E-state index is 13.3. The second-order valence-corrected chi connectivity index (χ2v) is 9.41. The van der Waals surface area contributed by atoms with E-state index in [1.54, 1.807) is 33.9 Å². The average Bonchev–Trinajstić information content (AvgIpc) is 2.66. The van der Waals surface area contributed by atoms with Crippen LogP contribution in [0.25, 0.3) is 5.57 Å². The molecule has 0 aliphatic heterocycles. The number of nitrogens with one attached hydrogen (secondary N) is 1. The van der Waals surface area contributed by atoms with Gasteiger partial charge in [-0.15, -0.1) is 0 Å². The smallest absolute Gasteiger partial charge is 0.355 e. The highest BCUT2D eigenvalue weighted by Gasteiger charge is 2.34. The van der Waals surface area contributed by atoms with Gasteiger partial charge in [0.15, 0.2) is 0 Å². The molecular formula is C19H31NO6P2. The monoisotopic (exact) mass is 431 g/mol. The van der Waals surface area contributed by atoms with Gasteiger partial charge in [-0.05, 0) is 45.8 Å². The van der Waals surface area contributed by atoms with Crippen molar-refractivity contribution >= 4 is 20.8 Å². The van der Waals surface area contributed by atoms with Gasteiger partial charge in [-0.25, -0.2) is 0 Å². The van der Waals surface area contributed by atoms with Crippen molar-refractivity contribution in [2.45, 2.75) is 34.6 Å². The van der Waals surface area contributed by atoms with Crippen LogP contribution in [0, 0.1) is 0 Å². The Kier molecular flexibility index (Phi) is 11.0. The summed E-state index contributed by atoms with van der Waals surface area (Å²) in [6, 6.07) is 9.67. The summed E-state index contributed by atoms with van der Waals surface area (Å²) in [6.45, 7) is 9.39. The number of hydrogen-bond acceptors (Lipinski definition) is 7.